The third kappa shape index (κ3) is 3.70. The Morgan fingerprint density at radius 2 is 1.93 bits per heavy atom. The van der Waals surface area contributed by atoms with Gasteiger partial charge in [0.1, 0.15) is 0 Å². The third-order valence-corrected chi connectivity index (χ3v) is 6.57. The van der Waals surface area contributed by atoms with Crippen LogP contribution in [0.5, 0.6) is 0 Å². The number of H-pyrrole nitrogens is 1. The molecule has 1 aliphatic rings. The molecule has 0 aliphatic carbocycles. The maximum atomic E-state index is 12.1. The maximum Gasteiger partial charge on any atom is 0.211 e. The predicted molar refractivity (Wildman–Crippen MR) is 109 cm³/mol. The Hall–Kier alpha value is -2.38. The number of aryl methyl sites for hydroxylation is 1. The first-order chi connectivity index (χ1) is 12.9. The number of sulfonamides is 1. The van der Waals surface area contributed by atoms with Gasteiger partial charge in [-0.25, -0.2) is 8.42 Å². The second kappa shape index (κ2) is 6.98. The fourth-order valence-corrected chi connectivity index (χ4v) is 4.70. The van der Waals surface area contributed by atoms with Crippen LogP contribution in [0.25, 0.3) is 10.9 Å². The summed E-state index contributed by atoms with van der Waals surface area (Å²) in [5, 5.41) is 8.43. The number of nitrogens with zero attached hydrogens (tertiary/aromatic N) is 3. The van der Waals surface area contributed by atoms with Crippen LogP contribution >= 0.6 is 0 Å². The first-order valence-electron chi connectivity index (χ1n) is 9.12. The average molecular weight is 385 g/mol. The van der Waals surface area contributed by atoms with E-state index in [-0.39, 0.29) is 6.04 Å². The summed E-state index contributed by atoms with van der Waals surface area (Å²) in [7, 11) is -3.20. The Morgan fingerprint density at radius 1 is 1.15 bits per heavy atom. The minimum Gasteiger partial charge on any atom is -0.366 e. The van der Waals surface area contributed by atoms with Gasteiger partial charge in [0.15, 0.2) is 0 Å². The van der Waals surface area contributed by atoms with Gasteiger partial charge in [0.2, 0.25) is 10.0 Å². The molecule has 27 heavy (non-hydrogen) atoms. The smallest absolute Gasteiger partial charge is 0.211 e. The van der Waals surface area contributed by atoms with Crippen LogP contribution in [0.1, 0.15) is 11.3 Å². The zero-order valence-corrected chi connectivity index (χ0v) is 16.4. The molecule has 0 unspecified atom stereocenters. The number of fused-ring (bicyclic) bond motifs is 1. The molecule has 1 aliphatic heterocycles. The van der Waals surface area contributed by atoms with Gasteiger partial charge in [-0.15, -0.1) is 0 Å². The monoisotopic (exact) mass is 384 g/mol. The number of piperazine rings is 1. The fraction of sp³-hybridized carbons (Fsp3) is 0.350. The number of benzene rings is 2. The van der Waals surface area contributed by atoms with E-state index >= 15 is 0 Å². The normalized spacial score (nSPS) is 18.9. The third-order valence-electron chi connectivity index (χ3n) is 5.30. The molecule has 0 bridgehead atoms. The van der Waals surface area contributed by atoms with Crippen molar-refractivity contribution in [2.45, 2.75) is 19.4 Å². The molecular formula is C20H24N4O2S. The maximum absolute atomic E-state index is 12.1. The highest BCUT2D eigenvalue weighted by atomic mass is 32.2. The molecule has 7 heteroatoms. The summed E-state index contributed by atoms with van der Waals surface area (Å²) >= 11 is 0. The SMILES string of the molecule is Cc1n[nH]c2ccc(N3CCN(S(C)(=O)=O)C[C@H]3Cc3ccccc3)cc12. The van der Waals surface area contributed by atoms with E-state index in [0.717, 1.165) is 28.7 Å². The highest BCUT2D eigenvalue weighted by Gasteiger charge is 2.31. The highest BCUT2D eigenvalue weighted by Crippen LogP contribution is 2.28. The molecular weight excluding hydrogens is 360 g/mol. The topological polar surface area (TPSA) is 69.3 Å². The van der Waals surface area contributed by atoms with Crippen molar-refractivity contribution < 1.29 is 8.42 Å². The molecule has 0 saturated carbocycles. The number of aromatic nitrogens is 2. The van der Waals surface area contributed by atoms with Gasteiger partial charge in [0, 0.05) is 36.7 Å². The van der Waals surface area contributed by atoms with E-state index in [2.05, 4.69) is 39.4 Å². The molecule has 1 fully saturated rings. The van der Waals surface area contributed by atoms with Crippen molar-refractivity contribution in [3.8, 4) is 0 Å². The highest BCUT2D eigenvalue weighted by molar-refractivity contribution is 7.88. The molecule has 142 valence electrons. The summed E-state index contributed by atoms with van der Waals surface area (Å²) in [6, 6.07) is 16.6. The first kappa shape index (κ1) is 18.0. The lowest BCUT2D eigenvalue weighted by Gasteiger charge is -2.42. The second-order valence-electron chi connectivity index (χ2n) is 7.20. The van der Waals surface area contributed by atoms with E-state index in [1.165, 1.54) is 11.8 Å². The minimum atomic E-state index is -3.20. The van der Waals surface area contributed by atoms with Crippen LogP contribution in [0.4, 0.5) is 5.69 Å². The summed E-state index contributed by atoms with van der Waals surface area (Å²) in [5.74, 6) is 0. The van der Waals surface area contributed by atoms with Gasteiger partial charge in [-0.1, -0.05) is 30.3 Å². The van der Waals surface area contributed by atoms with Crippen molar-refractivity contribution >= 4 is 26.6 Å². The summed E-state index contributed by atoms with van der Waals surface area (Å²) in [6.45, 7) is 3.67. The van der Waals surface area contributed by atoms with Gasteiger partial charge < -0.3 is 4.90 Å². The molecule has 6 nitrogen and oxygen atoms in total. The molecule has 3 aromatic rings. The molecule has 2 aromatic carbocycles. The molecule has 2 heterocycles. The largest absolute Gasteiger partial charge is 0.366 e. The lowest BCUT2D eigenvalue weighted by molar-refractivity contribution is 0.332. The van der Waals surface area contributed by atoms with E-state index in [4.69, 9.17) is 0 Å². The second-order valence-corrected chi connectivity index (χ2v) is 9.18. The van der Waals surface area contributed by atoms with E-state index in [1.807, 2.05) is 31.2 Å². The zero-order valence-electron chi connectivity index (χ0n) is 15.6. The Kier molecular flexibility index (Phi) is 4.65. The van der Waals surface area contributed by atoms with Crippen LogP contribution < -0.4 is 4.90 Å². The van der Waals surface area contributed by atoms with Crippen molar-refractivity contribution in [1.82, 2.24) is 14.5 Å². The summed E-state index contributed by atoms with van der Waals surface area (Å²) in [6.07, 6.45) is 2.10. The average Bonchev–Trinajstić information content (AvgIpc) is 3.02. The van der Waals surface area contributed by atoms with Gasteiger partial charge in [-0.2, -0.15) is 9.40 Å². The summed E-state index contributed by atoms with van der Waals surface area (Å²) < 4.78 is 25.8. The van der Waals surface area contributed by atoms with Crippen molar-refractivity contribution in [3.05, 3.63) is 59.8 Å². The summed E-state index contributed by atoms with van der Waals surface area (Å²) in [5.41, 5.74) is 4.32. The Balaban J connectivity index is 1.68. The fourth-order valence-electron chi connectivity index (χ4n) is 3.84. The Bertz CT molecular complexity index is 1050. The van der Waals surface area contributed by atoms with Gasteiger partial charge >= 0.3 is 0 Å². The quantitative estimate of drug-likeness (QED) is 0.751. The van der Waals surface area contributed by atoms with E-state index in [0.29, 0.717) is 19.6 Å². The molecule has 1 atom stereocenters. The van der Waals surface area contributed by atoms with E-state index < -0.39 is 10.0 Å². The van der Waals surface area contributed by atoms with Crippen molar-refractivity contribution in [2.24, 2.45) is 0 Å². The summed E-state index contributed by atoms with van der Waals surface area (Å²) in [4.78, 5) is 2.33. The Morgan fingerprint density at radius 3 is 2.67 bits per heavy atom. The van der Waals surface area contributed by atoms with Crippen LogP contribution in [-0.4, -0.2) is 54.9 Å². The van der Waals surface area contributed by atoms with E-state index in [1.54, 1.807) is 4.31 Å². The van der Waals surface area contributed by atoms with Crippen LogP contribution in [0.2, 0.25) is 0 Å². The molecule has 1 aromatic heterocycles. The molecule has 0 amide bonds. The number of anilines is 1. The number of nitrogens with one attached hydrogen (secondary N) is 1. The predicted octanol–water partition coefficient (Wildman–Crippen LogP) is 2.56. The Labute approximate surface area is 159 Å². The molecule has 0 radical (unpaired) electrons. The van der Waals surface area contributed by atoms with Crippen LogP contribution in [-0.2, 0) is 16.4 Å². The zero-order chi connectivity index (χ0) is 19.0. The number of hydrogen-bond acceptors (Lipinski definition) is 4. The van der Waals surface area contributed by atoms with Gasteiger partial charge in [-0.3, -0.25) is 5.10 Å². The minimum absolute atomic E-state index is 0.0838. The van der Waals surface area contributed by atoms with Gasteiger partial charge in [0.25, 0.3) is 0 Å². The van der Waals surface area contributed by atoms with Gasteiger partial charge in [-0.05, 0) is 37.1 Å². The van der Waals surface area contributed by atoms with Crippen molar-refractivity contribution in [1.29, 1.82) is 0 Å². The first-order valence-corrected chi connectivity index (χ1v) is 11.0. The molecule has 1 N–H and O–H groups in total. The lowest BCUT2D eigenvalue weighted by Crippen LogP contribution is -2.55. The van der Waals surface area contributed by atoms with Crippen LogP contribution in [0, 0.1) is 6.92 Å². The number of rotatable bonds is 4. The van der Waals surface area contributed by atoms with Crippen molar-refractivity contribution in [2.75, 3.05) is 30.8 Å². The number of hydrogen-bond donors (Lipinski definition) is 1. The molecule has 1 saturated heterocycles. The van der Waals surface area contributed by atoms with Crippen LogP contribution in [0.15, 0.2) is 48.5 Å². The standard InChI is InChI=1S/C20H24N4O2S/c1-15-19-13-17(8-9-20(19)22-21-15)24-11-10-23(27(2,25)26)14-18(24)12-16-6-4-3-5-7-16/h3-9,13,18H,10-12,14H2,1-2H3,(H,21,22)/t18-/m1/s1. The molecule has 4 rings (SSSR count). The van der Waals surface area contributed by atoms with Crippen molar-refractivity contribution in [3.63, 3.8) is 0 Å². The molecule has 0 spiro atoms. The van der Waals surface area contributed by atoms with E-state index in [9.17, 15) is 8.42 Å². The van der Waals surface area contributed by atoms with Crippen LogP contribution in [0.3, 0.4) is 0 Å². The van der Waals surface area contributed by atoms with Gasteiger partial charge in [0.05, 0.1) is 17.5 Å². The number of aromatic amines is 1. The lowest BCUT2D eigenvalue weighted by atomic mass is 10.0.